The van der Waals surface area contributed by atoms with E-state index >= 15 is 0 Å². The Kier molecular flexibility index (Phi) is 5.82. The molecule has 29 heavy (non-hydrogen) atoms. The standard InChI is InChI=1S/C20H23F3N3O2S/c1-12-16(10-29-11-19(2,3)27)26(8-7-17(12)28-4)18-24-14-6-5-13(20(21,22)23)9-15(14)25-18/h5-9,27H,10-11H2,1-4H3,(H,24,25)/q+1. The third-order valence-corrected chi connectivity index (χ3v) is 5.80. The number of fused-ring (bicyclic) bond motifs is 1. The molecular formula is C20H23F3N3O2S+. The topological polar surface area (TPSA) is 62.0 Å². The average Bonchev–Trinajstić information content (AvgIpc) is 3.04. The number of aromatic nitrogens is 3. The number of hydrogen-bond acceptors (Lipinski definition) is 4. The maximum absolute atomic E-state index is 13.0. The van der Waals surface area contributed by atoms with Gasteiger partial charge in [0.2, 0.25) is 0 Å². The molecule has 0 saturated heterocycles. The largest absolute Gasteiger partial charge is 0.496 e. The van der Waals surface area contributed by atoms with Gasteiger partial charge in [0.05, 0.1) is 24.5 Å². The van der Waals surface area contributed by atoms with Crippen LogP contribution >= 0.6 is 11.8 Å². The summed E-state index contributed by atoms with van der Waals surface area (Å²) in [5.74, 6) is 2.22. The lowest BCUT2D eigenvalue weighted by Gasteiger charge is -2.17. The predicted molar refractivity (Wildman–Crippen MR) is 106 cm³/mol. The molecule has 1 aromatic carbocycles. The van der Waals surface area contributed by atoms with Crippen molar-refractivity contribution in [3.05, 3.63) is 47.3 Å². The quantitative estimate of drug-likeness (QED) is 0.581. The van der Waals surface area contributed by atoms with Crippen molar-refractivity contribution in [1.82, 2.24) is 9.97 Å². The molecule has 2 N–H and O–H groups in total. The first-order chi connectivity index (χ1) is 13.5. The minimum Gasteiger partial charge on any atom is -0.496 e. The SMILES string of the molecule is COc1cc[n+](-c2nc3ccc(C(F)(F)F)cc3[nH]2)c(CSCC(C)(C)O)c1C. The molecule has 156 valence electrons. The van der Waals surface area contributed by atoms with Crippen LogP contribution in [0.5, 0.6) is 5.75 Å². The van der Waals surface area contributed by atoms with Gasteiger partial charge in [-0.3, -0.25) is 0 Å². The molecule has 2 heterocycles. The molecule has 0 aliphatic rings. The molecule has 0 aliphatic heterocycles. The van der Waals surface area contributed by atoms with E-state index < -0.39 is 17.3 Å². The van der Waals surface area contributed by atoms with E-state index in [-0.39, 0.29) is 0 Å². The number of rotatable bonds is 6. The van der Waals surface area contributed by atoms with Crippen molar-refractivity contribution in [3.63, 3.8) is 0 Å². The second-order valence-electron chi connectivity index (χ2n) is 7.42. The molecule has 3 rings (SSSR count). The monoisotopic (exact) mass is 426 g/mol. The number of pyridine rings is 1. The Morgan fingerprint density at radius 2 is 1.97 bits per heavy atom. The van der Waals surface area contributed by atoms with Gasteiger partial charge in [-0.15, -0.1) is 0 Å². The van der Waals surface area contributed by atoms with Crippen molar-refractivity contribution < 1.29 is 27.6 Å². The number of aromatic amines is 1. The number of aliphatic hydroxyl groups is 1. The summed E-state index contributed by atoms with van der Waals surface area (Å²) in [5, 5.41) is 9.98. The maximum Gasteiger partial charge on any atom is 0.416 e. The Balaban J connectivity index is 2.04. The van der Waals surface area contributed by atoms with Gasteiger partial charge >= 0.3 is 12.1 Å². The highest BCUT2D eigenvalue weighted by atomic mass is 32.2. The first kappa shape index (κ1) is 21.4. The van der Waals surface area contributed by atoms with Gasteiger partial charge in [-0.25, -0.2) is 9.55 Å². The van der Waals surface area contributed by atoms with Crippen LogP contribution in [0.4, 0.5) is 13.2 Å². The van der Waals surface area contributed by atoms with Gasteiger partial charge in [-0.1, -0.05) is 4.98 Å². The van der Waals surface area contributed by atoms with E-state index in [0.29, 0.717) is 34.2 Å². The number of benzene rings is 1. The van der Waals surface area contributed by atoms with Crippen LogP contribution in [0.2, 0.25) is 0 Å². The maximum atomic E-state index is 13.0. The molecule has 3 aromatic rings. The fraction of sp³-hybridized carbons (Fsp3) is 0.400. The van der Waals surface area contributed by atoms with Gasteiger partial charge in [0.1, 0.15) is 17.0 Å². The van der Waals surface area contributed by atoms with Crippen LogP contribution in [-0.4, -0.2) is 33.5 Å². The van der Waals surface area contributed by atoms with Crippen molar-refractivity contribution in [2.45, 2.75) is 38.3 Å². The third-order valence-electron chi connectivity index (χ3n) is 4.41. The molecule has 0 saturated carbocycles. The van der Waals surface area contributed by atoms with Crippen LogP contribution in [0.25, 0.3) is 17.0 Å². The Bertz CT molecular complexity index is 1030. The number of nitrogens with one attached hydrogen (secondary N) is 1. The molecule has 2 aromatic heterocycles. The smallest absolute Gasteiger partial charge is 0.416 e. The van der Waals surface area contributed by atoms with Gasteiger partial charge in [-0.2, -0.15) is 24.9 Å². The van der Waals surface area contributed by atoms with Crippen LogP contribution in [0.1, 0.15) is 30.7 Å². The Morgan fingerprint density at radius 1 is 1.24 bits per heavy atom. The Morgan fingerprint density at radius 3 is 2.59 bits per heavy atom. The van der Waals surface area contributed by atoms with Crippen LogP contribution in [-0.2, 0) is 11.9 Å². The van der Waals surface area contributed by atoms with E-state index in [1.165, 1.54) is 6.07 Å². The normalized spacial score (nSPS) is 12.6. The number of imidazole rings is 1. The molecule has 0 spiro atoms. The second-order valence-corrected chi connectivity index (χ2v) is 8.41. The number of halogens is 3. The van der Waals surface area contributed by atoms with Gasteiger partial charge < -0.3 is 9.84 Å². The first-order valence-corrected chi connectivity index (χ1v) is 10.1. The van der Waals surface area contributed by atoms with E-state index in [2.05, 4.69) is 9.97 Å². The average molecular weight is 426 g/mol. The molecule has 0 radical (unpaired) electrons. The van der Waals surface area contributed by atoms with Crippen LogP contribution in [0.15, 0.2) is 30.5 Å². The zero-order valence-corrected chi connectivity index (χ0v) is 17.4. The number of ether oxygens (including phenoxy) is 1. The minimum atomic E-state index is -4.41. The van der Waals surface area contributed by atoms with Crippen LogP contribution in [0.3, 0.4) is 0 Å². The highest BCUT2D eigenvalue weighted by molar-refractivity contribution is 7.98. The third kappa shape index (κ3) is 4.84. The molecule has 0 aliphatic carbocycles. The lowest BCUT2D eigenvalue weighted by molar-refractivity contribution is -0.610. The second kappa shape index (κ2) is 7.87. The van der Waals surface area contributed by atoms with Gasteiger partial charge in [0.15, 0.2) is 5.52 Å². The zero-order chi connectivity index (χ0) is 21.4. The highest BCUT2D eigenvalue weighted by Gasteiger charge is 2.32. The number of nitrogens with zero attached hydrogens (tertiary/aromatic N) is 2. The molecule has 0 amide bonds. The molecule has 0 bridgehead atoms. The van der Waals surface area contributed by atoms with Crippen molar-refractivity contribution in [3.8, 4) is 11.7 Å². The van der Waals surface area contributed by atoms with Crippen molar-refractivity contribution in [2.24, 2.45) is 0 Å². The van der Waals surface area contributed by atoms with Crippen molar-refractivity contribution >= 4 is 22.8 Å². The molecule has 0 fully saturated rings. The highest BCUT2D eigenvalue weighted by Crippen LogP contribution is 2.31. The number of thioether (sulfide) groups is 1. The summed E-state index contributed by atoms with van der Waals surface area (Å²) in [4.78, 5) is 7.45. The summed E-state index contributed by atoms with van der Waals surface area (Å²) in [6.45, 7) is 5.40. The lowest BCUT2D eigenvalue weighted by atomic mass is 10.2. The summed E-state index contributed by atoms with van der Waals surface area (Å²) < 4.78 is 46.2. The minimum absolute atomic E-state index is 0.311. The van der Waals surface area contributed by atoms with Gasteiger partial charge in [0, 0.05) is 23.1 Å². The molecule has 0 unspecified atom stereocenters. The first-order valence-electron chi connectivity index (χ1n) is 8.95. The summed E-state index contributed by atoms with van der Waals surface area (Å²) in [5.41, 5.74) is 1.01. The van der Waals surface area contributed by atoms with E-state index in [0.717, 1.165) is 23.4 Å². The molecule has 5 nitrogen and oxygen atoms in total. The van der Waals surface area contributed by atoms with Gasteiger partial charge in [0.25, 0.3) is 0 Å². The fourth-order valence-electron chi connectivity index (χ4n) is 2.96. The molecule has 0 atom stereocenters. The van der Waals surface area contributed by atoms with E-state index in [4.69, 9.17) is 4.74 Å². The summed E-state index contributed by atoms with van der Waals surface area (Å²) >= 11 is 1.55. The fourth-order valence-corrected chi connectivity index (χ4v) is 4.11. The van der Waals surface area contributed by atoms with Gasteiger partial charge in [-0.05, 0) is 39.0 Å². The van der Waals surface area contributed by atoms with Crippen molar-refractivity contribution in [2.75, 3.05) is 12.9 Å². The molecular weight excluding hydrogens is 403 g/mol. The lowest BCUT2D eigenvalue weighted by Crippen LogP contribution is -2.37. The van der Waals surface area contributed by atoms with Crippen molar-refractivity contribution in [1.29, 1.82) is 0 Å². The number of H-pyrrole nitrogens is 1. The molecule has 9 heteroatoms. The number of alkyl halides is 3. The van der Waals surface area contributed by atoms with Crippen LogP contribution < -0.4 is 9.30 Å². The van der Waals surface area contributed by atoms with E-state index in [1.807, 2.05) is 11.5 Å². The number of hydrogen-bond donors (Lipinski definition) is 2. The predicted octanol–water partition coefficient (Wildman–Crippen LogP) is 4.18. The summed E-state index contributed by atoms with van der Waals surface area (Å²) in [7, 11) is 1.58. The Hall–Kier alpha value is -2.26. The summed E-state index contributed by atoms with van der Waals surface area (Å²) in [6.07, 6.45) is -2.64. The van der Waals surface area contributed by atoms with E-state index in [9.17, 15) is 18.3 Å². The van der Waals surface area contributed by atoms with E-state index in [1.54, 1.807) is 45.0 Å². The Labute approximate surface area is 170 Å². The zero-order valence-electron chi connectivity index (χ0n) is 16.6. The van der Waals surface area contributed by atoms with Crippen LogP contribution in [0, 0.1) is 6.92 Å². The summed E-state index contributed by atoms with van der Waals surface area (Å²) in [6, 6.07) is 5.23. The number of methoxy groups -OCH3 is 1.